The van der Waals surface area contributed by atoms with Gasteiger partial charge in [-0.2, -0.15) is 0 Å². The van der Waals surface area contributed by atoms with Crippen molar-refractivity contribution in [1.82, 2.24) is 9.78 Å². The van der Waals surface area contributed by atoms with Gasteiger partial charge in [0.05, 0.1) is 16.3 Å². The van der Waals surface area contributed by atoms with E-state index < -0.39 is 0 Å². The molecule has 0 aliphatic carbocycles. The summed E-state index contributed by atoms with van der Waals surface area (Å²) in [5.74, 6) is 0. The minimum absolute atomic E-state index is 0.705. The van der Waals surface area contributed by atoms with Crippen molar-refractivity contribution < 1.29 is 0 Å². The van der Waals surface area contributed by atoms with Crippen LogP contribution >= 0.6 is 12.2 Å². The molecule has 0 radical (unpaired) electrons. The smallest absolute Gasteiger partial charge is 0.136 e. The highest BCUT2D eigenvalue weighted by atomic mass is 32.1. The van der Waals surface area contributed by atoms with Gasteiger partial charge in [-0.1, -0.05) is 49.1 Å². The number of para-hydroxylation sites is 1. The van der Waals surface area contributed by atoms with Gasteiger partial charge in [-0.15, -0.1) is 0 Å². The molecule has 4 heteroatoms. The van der Waals surface area contributed by atoms with Gasteiger partial charge in [0.1, 0.15) is 4.64 Å². The van der Waals surface area contributed by atoms with E-state index in [0.717, 1.165) is 21.9 Å². The van der Waals surface area contributed by atoms with Crippen LogP contribution < -0.4 is 15.9 Å². The number of anilines is 1. The maximum absolute atomic E-state index is 5.56. The number of aromatic nitrogens is 2. The molecule has 1 heterocycles. The summed E-state index contributed by atoms with van der Waals surface area (Å²) >= 11 is 5.56. The van der Waals surface area contributed by atoms with Crippen LogP contribution in [0.1, 0.15) is 5.56 Å². The molecule has 0 saturated carbocycles. The van der Waals surface area contributed by atoms with E-state index in [1.807, 2.05) is 53.3 Å². The van der Waals surface area contributed by atoms with E-state index in [-0.39, 0.29) is 0 Å². The van der Waals surface area contributed by atoms with Crippen LogP contribution in [0.4, 0.5) is 5.69 Å². The highest BCUT2D eigenvalue weighted by Gasteiger charge is 2.00. The van der Waals surface area contributed by atoms with Gasteiger partial charge < -0.3 is 5.32 Å². The fourth-order valence-corrected chi connectivity index (χ4v) is 2.63. The Labute approximate surface area is 134 Å². The summed E-state index contributed by atoms with van der Waals surface area (Å²) in [6, 6.07) is 18.1. The molecule has 0 aliphatic rings. The van der Waals surface area contributed by atoms with Gasteiger partial charge >= 0.3 is 0 Å². The lowest BCUT2D eigenvalue weighted by Crippen LogP contribution is -2.22. The molecular weight excluding hydrogens is 290 g/mol. The Hall–Kier alpha value is -2.59. The number of aryl methyl sites for hydroxylation is 1. The second kappa shape index (κ2) is 6.03. The van der Waals surface area contributed by atoms with E-state index in [9.17, 15) is 0 Å². The number of rotatable bonds is 3. The van der Waals surface area contributed by atoms with Crippen LogP contribution in [0.3, 0.4) is 0 Å². The van der Waals surface area contributed by atoms with Gasteiger partial charge in [-0.05, 0) is 36.8 Å². The minimum atomic E-state index is 0.705. The summed E-state index contributed by atoms with van der Waals surface area (Å²) in [6.45, 7) is 6.11. The summed E-state index contributed by atoms with van der Waals surface area (Å²) in [5, 5.41) is 8.17. The quantitative estimate of drug-likeness (QED) is 0.729. The van der Waals surface area contributed by atoms with E-state index in [1.165, 1.54) is 5.56 Å². The normalized spacial score (nSPS) is 11.6. The second-order valence-electron chi connectivity index (χ2n) is 5.14. The predicted molar refractivity (Wildman–Crippen MR) is 95.0 cm³/mol. The first-order chi connectivity index (χ1) is 10.6. The lowest BCUT2D eigenvalue weighted by molar-refractivity contribution is 0.857. The van der Waals surface area contributed by atoms with Crippen molar-refractivity contribution in [1.29, 1.82) is 0 Å². The molecule has 110 valence electrons. The number of aromatic amines is 1. The van der Waals surface area contributed by atoms with Crippen molar-refractivity contribution in [2.24, 2.45) is 0 Å². The third-order valence-corrected chi connectivity index (χ3v) is 3.82. The summed E-state index contributed by atoms with van der Waals surface area (Å²) in [4.78, 5) is 0. The highest BCUT2D eigenvalue weighted by Crippen LogP contribution is 2.09. The van der Waals surface area contributed by atoms with Crippen molar-refractivity contribution >= 4 is 30.7 Å². The SMILES string of the molecule is C=c1[nH]n(-c2ccccc2)c(=S)c1=CNc1cccc(C)c1. The first kappa shape index (κ1) is 14.4. The van der Waals surface area contributed by atoms with Crippen molar-refractivity contribution in [3.05, 3.63) is 75.4 Å². The number of nitrogens with zero attached hydrogens (tertiary/aromatic N) is 1. The summed E-state index contributed by atoms with van der Waals surface area (Å²) in [6.07, 6.45) is 1.90. The zero-order valence-electron chi connectivity index (χ0n) is 12.3. The molecule has 0 bridgehead atoms. The molecule has 3 aromatic rings. The molecule has 0 unspecified atom stereocenters. The maximum Gasteiger partial charge on any atom is 0.136 e. The lowest BCUT2D eigenvalue weighted by Gasteiger charge is -2.01. The number of H-pyrrole nitrogens is 1. The fourth-order valence-electron chi connectivity index (χ4n) is 2.29. The predicted octanol–water partition coefficient (Wildman–Crippen LogP) is 3.10. The standard InChI is InChI=1S/C18H17N3S/c1-13-7-6-8-15(11-13)19-12-17-14(2)20-21(18(17)22)16-9-4-3-5-10-16/h3-12,19-20H,2H2,1H3. The third-order valence-electron chi connectivity index (χ3n) is 3.42. The molecule has 2 aromatic carbocycles. The largest absolute Gasteiger partial charge is 0.361 e. The summed E-state index contributed by atoms with van der Waals surface area (Å²) in [7, 11) is 0. The molecule has 22 heavy (non-hydrogen) atoms. The van der Waals surface area contributed by atoms with Gasteiger partial charge in [0.25, 0.3) is 0 Å². The molecular formula is C18H17N3S. The lowest BCUT2D eigenvalue weighted by atomic mass is 10.2. The van der Waals surface area contributed by atoms with Gasteiger partial charge in [0.15, 0.2) is 0 Å². The van der Waals surface area contributed by atoms with Crippen LogP contribution in [0.15, 0.2) is 54.6 Å². The van der Waals surface area contributed by atoms with Crippen LogP contribution in [0.25, 0.3) is 18.5 Å². The molecule has 2 N–H and O–H groups in total. The monoisotopic (exact) mass is 307 g/mol. The van der Waals surface area contributed by atoms with Crippen LogP contribution in [0.5, 0.6) is 0 Å². The Bertz CT molecular complexity index is 952. The molecule has 0 aliphatic heterocycles. The van der Waals surface area contributed by atoms with Crippen LogP contribution in [0, 0.1) is 11.6 Å². The Morgan fingerprint density at radius 1 is 1.14 bits per heavy atom. The van der Waals surface area contributed by atoms with Crippen LogP contribution in [-0.2, 0) is 0 Å². The molecule has 0 amide bonds. The first-order valence-corrected chi connectivity index (χ1v) is 7.45. The number of nitrogens with one attached hydrogen (secondary N) is 2. The second-order valence-corrected chi connectivity index (χ2v) is 5.52. The Morgan fingerprint density at radius 2 is 1.91 bits per heavy atom. The van der Waals surface area contributed by atoms with Gasteiger partial charge in [-0.25, -0.2) is 4.68 Å². The number of hydrogen-bond acceptors (Lipinski definition) is 2. The molecule has 0 atom stereocenters. The van der Waals surface area contributed by atoms with E-state index in [4.69, 9.17) is 12.2 Å². The summed E-state index contributed by atoms with van der Waals surface area (Å²) < 4.78 is 2.57. The van der Waals surface area contributed by atoms with Crippen LogP contribution in [-0.4, -0.2) is 9.78 Å². The molecule has 1 aromatic heterocycles. The van der Waals surface area contributed by atoms with Gasteiger partial charge in [0, 0.05) is 11.9 Å². The van der Waals surface area contributed by atoms with E-state index in [1.54, 1.807) is 0 Å². The maximum atomic E-state index is 5.56. The average molecular weight is 307 g/mol. The topological polar surface area (TPSA) is 32.8 Å². The number of benzene rings is 2. The van der Waals surface area contributed by atoms with Crippen LogP contribution in [0.2, 0.25) is 0 Å². The fraction of sp³-hybridized carbons (Fsp3) is 0.0556. The highest BCUT2D eigenvalue weighted by molar-refractivity contribution is 7.71. The Kier molecular flexibility index (Phi) is 3.94. The van der Waals surface area contributed by atoms with E-state index in [0.29, 0.717) is 4.64 Å². The molecule has 0 saturated heterocycles. The van der Waals surface area contributed by atoms with Crippen molar-refractivity contribution in [3.8, 4) is 5.69 Å². The molecule has 0 fully saturated rings. The zero-order valence-corrected chi connectivity index (χ0v) is 13.2. The van der Waals surface area contributed by atoms with Crippen molar-refractivity contribution in [2.45, 2.75) is 6.92 Å². The van der Waals surface area contributed by atoms with E-state index >= 15 is 0 Å². The van der Waals surface area contributed by atoms with Gasteiger partial charge in [0.2, 0.25) is 0 Å². The van der Waals surface area contributed by atoms with Crippen molar-refractivity contribution in [2.75, 3.05) is 5.32 Å². The third kappa shape index (κ3) is 2.87. The Balaban J connectivity index is 2.02. The average Bonchev–Trinajstić information content (AvgIpc) is 2.81. The van der Waals surface area contributed by atoms with Crippen molar-refractivity contribution in [3.63, 3.8) is 0 Å². The molecule has 0 spiro atoms. The van der Waals surface area contributed by atoms with Gasteiger partial charge in [-0.3, -0.25) is 5.10 Å². The molecule has 3 rings (SSSR count). The first-order valence-electron chi connectivity index (χ1n) is 7.04. The number of hydrogen-bond donors (Lipinski definition) is 2. The summed E-state index contributed by atoms with van der Waals surface area (Å²) in [5.41, 5.74) is 3.23. The zero-order chi connectivity index (χ0) is 15.5. The minimum Gasteiger partial charge on any atom is -0.361 e. The Morgan fingerprint density at radius 3 is 2.64 bits per heavy atom. The molecule has 3 nitrogen and oxygen atoms in total. The van der Waals surface area contributed by atoms with E-state index in [2.05, 4.69) is 36.1 Å².